The maximum Gasteiger partial charge on any atom is 0.164 e. The zero-order chi connectivity index (χ0) is 13.7. The predicted octanol–water partition coefficient (Wildman–Crippen LogP) is 4.49. The lowest BCUT2D eigenvalue weighted by Crippen LogP contribution is -2.04. The van der Waals surface area contributed by atoms with E-state index in [0.29, 0.717) is 18.8 Å². The van der Waals surface area contributed by atoms with Crippen LogP contribution in [0.5, 0.6) is 5.75 Å². The number of anilines is 1. The van der Waals surface area contributed by atoms with Crippen molar-refractivity contribution in [2.75, 3.05) is 11.9 Å². The van der Waals surface area contributed by atoms with Gasteiger partial charge in [-0.15, -0.1) is 0 Å². The van der Waals surface area contributed by atoms with Gasteiger partial charge in [-0.1, -0.05) is 35.9 Å². The third-order valence-corrected chi connectivity index (χ3v) is 2.99. The zero-order valence-corrected chi connectivity index (χ0v) is 11.4. The van der Waals surface area contributed by atoms with Crippen LogP contribution >= 0.6 is 11.6 Å². The fourth-order valence-corrected chi connectivity index (χ4v) is 1.95. The fraction of sp³-hybridized carbons (Fsp3) is 0.200. The topological polar surface area (TPSA) is 21.3 Å². The van der Waals surface area contributed by atoms with E-state index in [0.717, 1.165) is 11.3 Å². The Morgan fingerprint density at radius 2 is 1.95 bits per heavy atom. The van der Waals surface area contributed by atoms with Gasteiger partial charge in [0.05, 0.1) is 17.3 Å². The minimum atomic E-state index is -0.432. The van der Waals surface area contributed by atoms with Crippen molar-refractivity contribution in [3.05, 3.63) is 58.9 Å². The molecule has 1 N–H and O–H groups in total. The first-order chi connectivity index (χ1) is 9.22. The molecule has 0 bridgehead atoms. The molecule has 2 aromatic rings. The van der Waals surface area contributed by atoms with Crippen LogP contribution in [-0.4, -0.2) is 6.61 Å². The lowest BCUT2D eigenvalue weighted by molar-refractivity contribution is 0.337. The van der Waals surface area contributed by atoms with Crippen LogP contribution in [0.15, 0.2) is 42.5 Å². The van der Waals surface area contributed by atoms with Crippen LogP contribution < -0.4 is 10.1 Å². The molecule has 0 radical (unpaired) electrons. The molecular formula is C15H15ClFNO. The van der Waals surface area contributed by atoms with Crippen molar-refractivity contribution in [3.63, 3.8) is 0 Å². The Bertz CT molecular complexity index is 560. The lowest BCUT2D eigenvalue weighted by Gasteiger charge is -2.12. The number of hydrogen-bond donors (Lipinski definition) is 1. The summed E-state index contributed by atoms with van der Waals surface area (Å²) in [5.41, 5.74) is 1.36. The zero-order valence-electron chi connectivity index (χ0n) is 10.6. The largest absolute Gasteiger partial charge is 0.494 e. The van der Waals surface area contributed by atoms with Gasteiger partial charge in [0.25, 0.3) is 0 Å². The molecule has 0 unspecified atom stereocenters. The minimum absolute atomic E-state index is 0.114. The summed E-state index contributed by atoms with van der Waals surface area (Å²) in [6.45, 7) is 3.01. The highest BCUT2D eigenvalue weighted by Crippen LogP contribution is 2.24. The quantitative estimate of drug-likeness (QED) is 0.871. The van der Waals surface area contributed by atoms with Crippen LogP contribution in [0, 0.1) is 5.82 Å². The highest BCUT2D eigenvalue weighted by molar-refractivity contribution is 6.31. The second-order valence-corrected chi connectivity index (χ2v) is 4.40. The van der Waals surface area contributed by atoms with E-state index in [9.17, 15) is 4.39 Å². The van der Waals surface area contributed by atoms with E-state index in [4.69, 9.17) is 16.3 Å². The molecule has 100 valence electrons. The molecule has 0 fully saturated rings. The van der Waals surface area contributed by atoms with E-state index in [-0.39, 0.29) is 5.02 Å². The van der Waals surface area contributed by atoms with Gasteiger partial charge in [0.15, 0.2) is 5.82 Å². The van der Waals surface area contributed by atoms with Gasteiger partial charge < -0.3 is 10.1 Å². The Labute approximate surface area is 117 Å². The molecular weight excluding hydrogens is 265 g/mol. The molecule has 0 spiro atoms. The van der Waals surface area contributed by atoms with Gasteiger partial charge >= 0.3 is 0 Å². The molecule has 0 aliphatic rings. The monoisotopic (exact) mass is 279 g/mol. The third kappa shape index (κ3) is 3.38. The first-order valence-electron chi connectivity index (χ1n) is 6.11. The Morgan fingerprint density at radius 1 is 1.16 bits per heavy atom. The molecule has 0 amide bonds. The number of benzene rings is 2. The first kappa shape index (κ1) is 13.7. The second-order valence-electron chi connectivity index (χ2n) is 4.00. The van der Waals surface area contributed by atoms with Crippen LogP contribution in [0.4, 0.5) is 10.1 Å². The van der Waals surface area contributed by atoms with Gasteiger partial charge in [0, 0.05) is 12.1 Å². The summed E-state index contributed by atoms with van der Waals surface area (Å²) in [5.74, 6) is 0.373. The molecule has 0 aliphatic heterocycles. The summed E-state index contributed by atoms with van der Waals surface area (Å²) >= 11 is 5.74. The van der Waals surface area contributed by atoms with Crippen molar-refractivity contribution >= 4 is 17.3 Å². The summed E-state index contributed by atoms with van der Waals surface area (Å²) in [5, 5.41) is 3.14. The summed E-state index contributed by atoms with van der Waals surface area (Å²) in [6.07, 6.45) is 0. The van der Waals surface area contributed by atoms with E-state index in [1.807, 2.05) is 31.2 Å². The van der Waals surface area contributed by atoms with Gasteiger partial charge in [-0.25, -0.2) is 4.39 Å². The van der Waals surface area contributed by atoms with Crippen LogP contribution in [0.25, 0.3) is 0 Å². The van der Waals surface area contributed by atoms with Gasteiger partial charge in [-0.3, -0.25) is 0 Å². The van der Waals surface area contributed by atoms with E-state index < -0.39 is 5.82 Å². The molecule has 0 aromatic heterocycles. The van der Waals surface area contributed by atoms with E-state index in [1.165, 1.54) is 6.07 Å². The summed E-state index contributed by atoms with van der Waals surface area (Å²) in [6, 6.07) is 12.6. The van der Waals surface area contributed by atoms with Crippen molar-refractivity contribution < 1.29 is 9.13 Å². The molecule has 0 atom stereocenters. The van der Waals surface area contributed by atoms with Crippen LogP contribution in [0.2, 0.25) is 5.02 Å². The predicted molar refractivity (Wildman–Crippen MR) is 76.3 cm³/mol. The van der Waals surface area contributed by atoms with Gasteiger partial charge in [-0.2, -0.15) is 0 Å². The maximum atomic E-state index is 13.7. The Hall–Kier alpha value is -1.74. The molecule has 0 aliphatic carbocycles. The van der Waals surface area contributed by atoms with Crippen LogP contribution in [0.3, 0.4) is 0 Å². The molecule has 0 heterocycles. The number of para-hydroxylation sites is 1. The van der Waals surface area contributed by atoms with Crippen molar-refractivity contribution in [2.45, 2.75) is 13.5 Å². The van der Waals surface area contributed by atoms with E-state index in [2.05, 4.69) is 5.32 Å². The summed E-state index contributed by atoms with van der Waals surface area (Å²) in [4.78, 5) is 0. The normalized spacial score (nSPS) is 10.3. The van der Waals surface area contributed by atoms with Crippen molar-refractivity contribution in [1.82, 2.24) is 0 Å². The highest BCUT2D eigenvalue weighted by atomic mass is 35.5. The van der Waals surface area contributed by atoms with Gasteiger partial charge in [0.1, 0.15) is 5.75 Å². The molecule has 2 nitrogen and oxygen atoms in total. The van der Waals surface area contributed by atoms with Gasteiger partial charge in [-0.05, 0) is 25.1 Å². The van der Waals surface area contributed by atoms with Crippen LogP contribution in [0.1, 0.15) is 12.5 Å². The van der Waals surface area contributed by atoms with Gasteiger partial charge in [0.2, 0.25) is 0 Å². The molecule has 2 rings (SSSR count). The molecule has 2 aromatic carbocycles. The minimum Gasteiger partial charge on any atom is -0.494 e. The van der Waals surface area contributed by atoms with Crippen molar-refractivity contribution in [3.8, 4) is 5.75 Å². The third-order valence-electron chi connectivity index (χ3n) is 2.69. The summed E-state index contributed by atoms with van der Waals surface area (Å²) < 4.78 is 19.2. The second kappa shape index (κ2) is 6.43. The number of nitrogens with one attached hydrogen (secondary N) is 1. The molecule has 19 heavy (non-hydrogen) atoms. The Kier molecular flexibility index (Phi) is 4.63. The van der Waals surface area contributed by atoms with E-state index >= 15 is 0 Å². The maximum absolute atomic E-state index is 13.7. The van der Waals surface area contributed by atoms with Crippen LogP contribution in [-0.2, 0) is 6.54 Å². The Balaban J connectivity index is 2.12. The number of hydrogen-bond acceptors (Lipinski definition) is 2. The number of rotatable bonds is 5. The molecule has 0 saturated heterocycles. The van der Waals surface area contributed by atoms with E-state index in [1.54, 1.807) is 12.1 Å². The number of ether oxygens (including phenoxy) is 1. The standard InChI is InChI=1S/C15H15ClFNO/c1-2-19-14-9-4-3-6-11(14)10-18-13-8-5-7-12(16)15(13)17/h3-9,18H,2,10H2,1H3. The number of halogens is 2. The molecule has 4 heteroatoms. The van der Waals surface area contributed by atoms with Crippen molar-refractivity contribution in [2.24, 2.45) is 0 Å². The average Bonchev–Trinajstić information content (AvgIpc) is 2.42. The average molecular weight is 280 g/mol. The fourth-order valence-electron chi connectivity index (χ4n) is 1.78. The van der Waals surface area contributed by atoms with Crippen molar-refractivity contribution in [1.29, 1.82) is 0 Å². The SMILES string of the molecule is CCOc1ccccc1CNc1cccc(Cl)c1F. The summed E-state index contributed by atoms with van der Waals surface area (Å²) in [7, 11) is 0. The first-order valence-corrected chi connectivity index (χ1v) is 6.48. The highest BCUT2D eigenvalue weighted by Gasteiger charge is 2.07. The smallest absolute Gasteiger partial charge is 0.164 e. The Morgan fingerprint density at radius 3 is 2.74 bits per heavy atom. The molecule has 0 saturated carbocycles. The lowest BCUT2D eigenvalue weighted by atomic mass is 10.2.